The smallest absolute Gasteiger partial charge is 0.255 e. The van der Waals surface area contributed by atoms with Crippen molar-refractivity contribution in [3.05, 3.63) is 71.5 Å². The number of nitrogens with zero attached hydrogens (tertiary/aromatic N) is 3. The first-order valence-electron chi connectivity index (χ1n) is 6.93. The molecule has 1 N–H and O–H groups in total. The van der Waals surface area contributed by atoms with E-state index in [0.717, 1.165) is 0 Å². The Hall–Kier alpha value is -2.93. The largest absolute Gasteiger partial charge is 0.470 e. The van der Waals surface area contributed by atoms with Gasteiger partial charge in [-0.15, -0.1) is 0 Å². The van der Waals surface area contributed by atoms with Crippen LogP contribution in [0.4, 0.5) is 10.1 Å². The van der Waals surface area contributed by atoms with Gasteiger partial charge in [-0.1, -0.05) is 11.6 Å². The Morgan fingerprint density at radius 2 is 2.08 bits per heavy atom. The second-order valence-electron chi connectivity index (χ2n) is 4.81. The molecule has 3 rings (SSSR count). The number of ether oxygens (including phenoxy) is 1. The van der Waals surface area contributed by atoms with E-state index in [-0.39, 0.29) is 17.7 Å². The summed E-state index contributed by atoms with van der Waals surface area (Å²) in [5.41, 5.74) is 1.01. The zero-order valence-electron chi connectivity index (χ0n) is 12.3. The van der Waals surface area contributed by atoms with E-state index < -0.39 is 5.82 Å². The van der Waals surface area contributed by atoms with Crippen LogP contribution < -0.4 is 10.1 Å². The molecule has 6 nitrogen and oxygen atoms in total. The summed E-state index contributed by atoms with van der Waals surface area (Å²) in [4.78, 5) is 15.9. The van der Waals surface area contributed by atoms with Crippen LogP contribution in [-0.2, 0) is 6.73 Å². The number of carbonyl (C=O) groups is 1. The molecule has 0 bridgehead atoms. The van der Waals surface area contributed by atoms with Crippen LogP contribution in [0.25, 0.3) is 0 Å². The first-order valence-corrected chi connectivity index (χ1v) is 7.31. The number of aromatic nitrogens is 3. The van der Waals surface area contributed by atoms with E-state index >= 15 is 0 Å². The number of pyridine rings is 1. The molecule has 0 aliphatic rings. The van der Waals surface area contributed by atoms with Gasteiger partial charge in [-0.2, -0.15) is 5.10 Å². The Balaban J connectivity index is 1.60. The molecule has 0 saturated heterocycles. The molecule has 3 aromatic rings. The molecule has 1 amide bonds. The molecule has 0 unspecified atom stereocenters. The standard InChI is InChI=1S/C16H12ClFN4O2/c17-14-7-12(18)1-2-15(14)24-10-22-9-13(8-20-22)21-16(23)11-3-5-19-6-4-11/h1-9H,10H2,(H,21,23). The zero-order valence-corrected chi connectivity index (χ0v) is 13.1. The highest BCUT2D eigenvalue weighted by Crippen LogP contribution is 2.25. The normalized spacial score (nSPS) is 10.4. The minimum Gasteiger partial charge on any atom is -0.470 e. The fourth-order valence-corrected chi connectivity index (χ4v) is 2.16. The summed E-state index contributed by atoms with van der Waals surface area (Å²) >= 11 is 5.88. The third-order valence-electron chi connectivity index (χ3n) is 3.08. The lowest BCUT2D eigenvalue weighted by Gasteiger charge is -2.07. The molecule has 0 spiro atoms. The SMILES string of the molecule is O=C(Nc1cnn(COc2ccc(F)cc2Cl)c1)c1ccncc1. The predicted molar refractivity (Wildman–Crippen MR) is 86.5 cm³/mol. The van der Waals surface area contributed by atoms with Crippen LogP contribution in [0.5, 0.6) is 5.75 Å². The molecule has 1 aromatic carbocycles. The Morgan fingerprint density at radius 3 is 2.83 bits per heavy atom. The van der Waals surface area contributed by atoms with E-state index in [1.165, 1.54) is 29.1 Å². The van der Waals surface area contributed by atoms with E-state index in [4.69, 9.17) is 16.3 Å². The van der Waals surface area contributed by atoms with Gasteiger partial charge in [-0.05, 0) is 30.3 Å². The average molecular weight is 347 g/mol. The summed E-state index contributed by atoms with van der Waals surface area (Å²) in [5.74, 6) is -0.358. The topological polar surface area (TPSA) is 69.0 Å². The van der Waals surface area contributed by atoms with Gasteiger partial charge < -0.3 is 10.1 Å². The lowest BCUT2D eigenvalue weighted by molar-refractivity contribution is 0.102. The van der Waals surface area contributed by atoms with Crippen LogP contribution in [0.2, 0.25) is 5.02 Å². The molecule has 0 saturated carbocycles. The number of benzene rings is 1. The Labute approximate surface area is 141 Å². The van der Waals surface area contributed by atoms with Gasteiger partial charge >= 0.3 is 0 Å². The number of nitrogens with one attached hydrogen (secondary N) is 1. The molecule has 8 heteroatoms. The number of anilines is 1. The van der Waals surface area contributed by atoms with Crippen LogP contribution in [0.15, 0.2) is 55.1 Å². The van der Waals surface area contributed by atoms with Gasteiger partial charge in [0.05, 0.1) is 23.1 Å². The first-order chi connectivity index (χ1) is 11.6. The lowest BCUT2D eigenvalue weighted by atomic mass is 10.2. The Morgan fingerprint density at radius 1 is 1.29 bits per heavy atom. The van der Waals surface area contributed by atoms with Gasteiger partial charge in [-0.25, -0.2) is 9.07 Å². The maximum absolute atomic E-state index is 13.0. The van der Waals surface area contributed by atoms with Gasteiger partial charge in [0, 0.05) is 18.0 Å². The van der Waals surface area contributed by atoms with Crippen LogP contribution in [0, 0.1) is 5.82 Å². The van der Waals surface area contributed by atoms with Crippen molar-refractivity contribution in [2.75, 3.05) is 5.32 Å². The highest BCUT2D eigenvalue weighted by Gasteiger charge is 2.08. The van der Waals surface area contributed by atoms with Crippen molar-refractivity contribution in [2.24, 2.45) is 0 Å². The monoisotopic (exact) mass is 346 g/mol. The number of amides is 1. The molecule has 0 fully saturated rings. The molecule has 0 radical (unpaired) electrons. The van der Waals surface area contributed by atoms with Crippen molar-refractivity contribution in [3.63, 3.8) is 0 Å². The fraction of sp³-hybridized carbons (Fsp3) is 0.0625. The number of hydrogen-bond acceptors (Lipinski definition) is 4. The second-order valence-corrected chi connectivity index (χ2v) is 5.21. The van der Waals surface area contributed by atoms with Crippen LogP contribution >= 0.6 is 11.6 Å². The van der Waals surface area contributed by atoms with Crippen molar-refractivity contribution < 1.29 is 13.9 Å². The molecule has 0 atom stereocenters. The molecule has 2 aromatic heterocycles. The molecule has 0 aliphatic carbocycles. The average Bonchev–Trinajstić information content (AvgIpc) is 3.02. The third kappa shape index (κ3) is 3.88. The highest BCUT2D eigenvalue weighted by atomic mass is 35.5. The maximum atomic E-state index is 13.0. The van der Waals surface area contributed by atoms with E-state index in [0.29, 0.717) is 17.0 Å². The third-order valence-corrected chi connectivity index (χ3v) is 3.38. The lowest BCUT2D eigenvalue weighted by Crippen LogP contribution is -2.11. The van der Waals surface area contributed by atoms with E-state index in [1.54, 1.807) is 30.7 Å². The Kier molecular flexibility index (Phi) is 4.72. The van der Waals surface area contributed by atoms with Crippen molar-refractivity contribution >= 4 is 23.2 Å². The number of hydrogen-bond donors (Lipinski definition) is 1. The molecule has 0 aliphatic heterocycles. The summed E-state index contributed by atoms with van der Waals surface area (Å²) < 4.78 is 19.9. The van der Waals surface area contributed by atoms with Crippen LogP contribution in [-0.4, -0.2) is 20.7 Å². The van der Waals surface area contributed by atoms with Gasteiger partial charge in [-0.3, -0.25) is 9.78 Å². The van der Waals surface area contributed by atoms with Crippen LogP contribution in [0.1, 0.15) is 10.4 Å². The molecule has 24 heavy (non-hydrogen) atoms. The minimum absolute atomic E-state index is 0.0660. The van der Waals surface area contributed by atoms with Crippen molar-refractivity contribution in [1.29, 1.82) is 0 Å². The van der Waals surface area contributed by atoms with Crippen molar-refractivity contribution in [2.45, 2.75) is 6.73 Å². The summed E-state index contributed by atoms with van der Waals surface area (Å²) in [6.07, 6.45) is 6.18. The summed E-state index contributed by atoms with van der Waals surface area (Å²) in [6, 6.07) is 7.08. The molecular formula is C16H12ClFN4O2. The van der Waals surface area contributed by atoms with E-state index in [9.17, 15) is 9.18 Å². The van der Waals surface area contributed by atoms with Gasteiger partial charge in [0.1, 0.15) is 11.6 Å². The van der Waals surface area contributed by atoms with Crippen LogP contribution in [0.3, 0.4) is 0 Å². The first kappa shape index (κ1) is 15.9. The summed E-state index contributed by atoms with van der Waals surface area (Å²) in [5, 5.41) is 6.96. The highest BCUT2D eigenvalue weighted by molar-refractivity contribution is 6.32. The summed E-state index contributed by atoms with van der Waals surface area (Å²) in [6.45, 7) is 0.0660. The summed E-state index contributed by atoms with van der Waals surface area (Å²) in [7, 11) is 0. The quantitative estimate of drug-likeness (QED) is 0.769. The zero-order chi connectivity index (χ0) is 16.9. The molecular weight excluding hydrogens is 335 g/mol. The minimum atomic E-state index is -0.437. The van der Waals surface area contributed by atoms with E-state index in [2.05, 4.69) is 15.4 Å². The van der Waals surface area contributed by atoms with E-state index in [1.807, 2.05) is 0 Å². The number of carbonyl (C=O) groups excluding carboxylic acids is 1. The second kappa shape index (κ2) is 7.10. The fourth-order valence-electron chi connectivity index (χ4n) is 1.93. The number of rotatable bonds is 5. The molecule has 122 valence electrons. The number of halogens is 2. The maximum Gasteiger partial charge on any atom is 0.255 e. The van der Waals surface area contributed by atoms with Gasteiger partial charge in [0.25, 0.3) is 5.91 Å². The van der Waals surface area contributed by atoms with Crippen molar-refractivity contribution in [1.82, 2.24) is 14.8 Å². The van der Waals surface area contributed by atoms with Gasteiger partial charge in [0.2, 0.25) is 0 Å². The van der Waals surface area contributed by atoms with Crippen molar-refractivity contribution in [3.8, 4) is 5.75 Å². The molecule has 2 heterocycles. The van der Waals surface area contributed by atoms with Gasteiger partial charge in [0.15, 0.2) is 6.73 Å². The predicted octanol–water partition coefficient (Wildman–Crippen LogP) is 3.36. The Bertz CT molecular complexity index is 854.